The molecule has 19 heavy (non-hydrogen) atoms. The Bertz CT molecular complexity index is 561. The number of hydrogen-bond acceptors (Lipinski definition) is 3. The molecule has 0 spiro atoms. The Labute approximate surface area is 127 Å². The van der Waals surface area contributed by atoms with Crippen LogP contribution in [0.1, 0.15) is 19.8 Å². The van der Waals surface area contributed by atoms with Gasteiger partial charge in [0.1, 0.15) is 0 Å². The van der Waals surface area contributed by atoms with E-state index in [-0.39, 0.29) is 0 Å². The number of nitrogens with one attached hydrogen (secondary N) is 2. The van der Waals surface area contributed by atoms with Crippen LogP contribution >= 0.6 is 27.5 Å². The van der Waals surface area contributed by atoms with Crippen LogP contribution in [0, 0.1) is 0 Å². The fraction of sp³-hybridized carbons (Fsp3) is 0.500. The molecule has 0 heterocycles. The minimum absolute atomic E-state index is 0.383. The first-order valence-electron chi connectivity index (χ1n) is 6.08. The third kappa shape index (κ3) is 4.34. The fourth-order valence-electron chi connectivity index (χ4n) is 1.56. The number of anilines is 1. The summed E-state index contributed by atoms with van der Waals surface area (Å²) in [5.74, 6) is 0. The molecule has 0 bridgehead atoms. The van der Waals surface area contributed by atoms with Crippen LogP contribution in [0.4, 0.5) is 5.69 Å². The van der Waals surface area contributed by atoms with Gasteiger partial charge >= 0.3 is 0 Å². The van der Waals surface area contributed by atoms with Gasteiger partial charge in [0.25, 0.3) is 0 Å². The number of rotatable bonds is 6. The van der Waals surface area contributed by atoms with Crippen molar-refractivity contribution in [1.29, 1.82) is 0 Å². The average molecular weight is 368 g/mol. The summed E-state index contributed by atoms with van der Waals surface area (Å²) < 4.78 is 27.7. The predicted molar refractivity (Wildman–Crippen MR) is 82.2 cm³/mol. The van der Waals surface area contributed by atoms with Crippen LogP contribution in [-0.4, -0.2) is 26.3 Å². The topological polar surface area (TPSA) is 58.2 Å². The first-order chi connectivity index (χ1) is 8.88. The Morgan fingerprint density at radius 3 is 2.79 bits per heavy atom. The normalized spacial score (nSPS) is 17.2. The van der Waals surface area contributed by atoms with Gasteiger partial charge in [-0.05, 0) is 38.0 Å². The van der Waals surface area contributed by atoms with E-state index in [2.05, 4.69) is 26.0 Å². The monoisotopic (exact) mass is 366 g/mol. The maximum atomic E-state index is 12.2. The Hall–Kier alpha value is -0.300. The molecule has 1 saturated carbocycles. The van der Waals surface area contributed by atoms with Gasteiger partial charge in [-0.25, -0.2) is 8.42 Å². The van der Waals surface area contributed by atoms with E-state index < -0.39 is 15.3 Å². The molecule has 1 aliphatic rings. The molecule has 2 rings (SSSR count). The summed E-state index contributed by atoms with van der Waals surface area (Å²) in [6.07, 6.45) is 2.27. The number of benzene rings is 1. The molecule has 0 aromatic heterocycles. The van der Waals surface area contributed by atoms with Crippen molar-refractivity contribution >= 4 is 43.2 Å². The van der Waals surface area contributed by atoms with Gasteiger partial charge in [-0.15, -0.1) is 0 Å². The SMILES string of the molecule is CC(CNC1CC1)S(=O)(=O)Nc1cc(Br)ccc1Cl. The summed E-state index contributed by atoms with van der Waals surface area (Å²) in [7, 11) is -3.44. The van der Waals surface area contributed by atoms with Gasteiger partial charge < -0.3 is 5.32 Å². The average Bonchev–Trinajstić information content (AvgIpc) is 3.14. The first kappa shape index (κ1) is 15.1. The lowest BCUT2D eigenvalue weighted by Crippen LogP contribution is -2.35. The molecule has 4 nitrogen and oxygen atoms in total. The zero-order valence-electron chi connectivity index (χ0n) is 10.5. The van der Waals surface area contributed by atoms with Crippen LogP contribution < -0.4 is 10.0 Å². The van der Waals surface area contributed by atoms with E-state index in [9.17, 15) is 8.42 Å². The quantitative estimate of drug-likeness (QED) is 0.812. The highest BCUT2D eigenvalue weighted by Gasteiger charge is 2.26. The Morgan fingerprint density at radius 2 is 2.16 bits per heavy atom. The minimum atomic E-state index is -3.44. The molecule has 1 fully saturated rings. The highest BCUT2D eigenvalue weighted by molar-refractivity contribution is 9.10. The highest BCUT2D eigenvalue weighted by atomic mass is 79.9. The molecule has 0 amide bonds. The molecule has 1 unspecified atom stereocenters. The third-order valence-electron chi connectivity index (χ3n) is 2.98. The summed E-state index contributed by atoms with van der Waals surface area (Å²) in [5, 5.41) is 3.09. The van der Waals surface area contributed by atoms with Crippen molar-refractivity contribution in [3.05, 3.63) is 27.7 Å². The first-order valence-corrected chi connectivity index (χ1v) is 8.80. The van der Waals surface area contributed by atoms with Gasteiger partial charge in [0.05, 0.1) is 16.0 Å². The van der Waals surface area contributed by atoms with Crippen LogP contribution in [0.25, 0.3) is 0 Å². The smallest absolute Gasteiger partial charge is 0.236 e. The second kappa shape index (κ2) is 5.99. The fourth-order valence-corrected chi connectivity index (χ4v) is 3.13. The van der Waals surface area contributed by atoms with E-state index in [1.807, 2.05) is 0 Å². The van der Waals surface area contributed by atoms with Crippen LogP contribution in [0.3, 0.4) is 0 Å². The molecule has 1 aromatic carbocycles. The lowest BCUT2D eigenvalue weighted by atomic mass is 10.3. The van der Waals surface area contributed by atoms with Crippen molar-refractivity contribution in [2.75, 3.05) is 11.3 Å². The van der Waals surface area contributed by atoms with E-state index in [0.29, 0.717) is 23.3 Å². The Balaban J connectivity index is 2.04. The Kier molecular flexibility index (Phi) is 4.76. The van der Waals surface area contributed by atoms with E-state index >= 15 is 0 Å². The van der Waals surface area contributed by atoms with Gasteiger partial charge in [-0.3, -0.25) is 4.72 Å². The molecule has 106 valence electrons. The molecule has 1 aliphatic carbocycles. The van der Waals surface area contributed by atoms with Gasteiger partial charge in [-0.1, -0.05) is 27.5 Å². The highest BCUT2D eigenvalue weighted by Crippen LogP contribution is 2.27. The second-order valence-electron chi connectivity index (χ2n) is 4.76. The molecule has 0 radical (unpaired) electrons. The van der Waals surface area contributed by atoms with Gasteiger partial charge in [0.15, 0.2) is 0 Å². The summed E-state index contributed by atoms with van der Waals surface area (Å²) in [4.78, 5) is 0. The van der Waals surface area contributed by atoms with Gasteiger partial charge in [0.2, 0.25) is 10.0 Å². The maximum absolute atomic E-state index is 12.2. The lowest BCUT2D eigenvalue weighted by molar-refractivity contribution is 0.576. The minimum Gasteiger partial charge on any atom is -0.313 e. The second-order valence-corrected chi connectivity index (χ2v) is 8.19. The summed E-state index contributed by atoms with van der Waals surface area (Å²) in [6, 6.07) is 5.56. The standard InChI is InChI=1S/C12H16BrClN2O2S/c1-8(7-15-10-3-4-10)19(17,18)16-12-6-9(13)2-5-11(12)14/h2,5-6,8,10,15-16H,3-4,7H2,1H3. The number of hydrogen-bond donors (Lipinski definition) is 2. The van der Waals surface area contributed by atoms with Crippen LogP contribution in [0.15, 0.2) is 22.7 Å². The molecule has 1 atom stereocenters. The van der Waals surface area contributed by atoms with Crippen LogP contribution in [0.2, 0.25) is 5.02 Å². The molecule has 0 aliphatic heterocycles. The zero-order valence-corrected chi connectivity index (χ0v) is 13.6. The summed E-state index contributed by atoms with van der Waals surface area (Å²) >= 11 is 9.27. The molecular weight excluding hydrogens is 352 g/mol. The molecule has 2 N–H and O–H groups in total. The lowest BCUT2D eigenvalue weighted by Gasteiger charge is -2.16. The largest absolute Gasteiger partial charge is 0.313 e. The summed E-state index contributed by atoms with van der Waals surface area (Å²) in [6.45, 7) is 2.13. The van der Waals surface area contributed by atoms with Gasteiger partial charge in [0, 0.05) is 17.1 Å². The Morgan fingerprint density at radius 1 is 1.47 bits per heavy atom. The van der Waals surface area contributed by atoms with Crippen molar-refractivity contribution in [3.63, 3.8) is 0 Å². The summed E-state index contributed by atoms with van der Waals surface area (Å²) in [5.41, 5.74) is 0.398. The molecule has 0 saturated heterocycles. The molecule has 1 aromatic rings. The van der Waals surface area contributed by atoms with Crippen molar-refractivity contribution in [2.24, 2.45) is 0 Å². The van der Waals surface area contributed by atoms with E-state index in [1.165, 1.54) is 0 Å². The van der Waals surface area contributed by atoms with Crippen molar-refractivity contribution in [2.45, 2.75) is 31.1 Å². The number of halogens is 2. The van der Waals surface area contributed by atoms with Crippen molar-refractivity contribution in [3.8, 4) is 0 Å². The van der Waals surface area contributed by atoms with Crippen LogP contribution in [-0.2, 0) is 10.0 Å². The van der Waals surface area contributed by atoms with Crippen LogP contribution in [0.5, 0.6) is 0 Å². The van der Waals surface area contributed by atoms with Gasteiger partial charge in [-0.2, -0.15) is 0 Å². The third-order valence-corrected chi connectivity index (χ3v) is 5.54. The van der Waals surface area contributed by atoms with Crippen molar-refractivity contribution in [1.82, 2.24) is 5.32 Å². The maximum Gasteiger partial charge on any atom is 0.236 e. The van der Waals surface area contributed by atoms with E-state index in [1.54, 1.807) is 25.1 Å². The molecular formula is C12H16BrClN2O2S. The zero-order chi connectivity index (χ0) is 14.0. The predicted octanol–water partition coefficient (Wildman–Crippen LogP) is 2.98. The van der Waals surface area contributed by atoms with E-state index in [4.69, 9.17) is 11.6 Å². The number of sulfonamides is 1. The van der Waals surface area contributed by atoms with E-state index in [0.717, 1.165) is 17.3 Å². The van der Waals surface area contributed by atoms with Crippen molar-refractivity contribution < 1.29 is 8.42 Å². The molecule has 7 heteroatoms.